The van der Waals surface area contributed by atoms with Crippen molar-refractivity contribution >= 4 is 5.91 Å². The van der Waals surface area contributed by atoms with Gasteiger partial charge in [-0.3, -0.25) is 14.6 Å². The molecule has 1 aromatic rings. The summed E-state index contributed by atoms with van der Waals surface area (Å²) in [6, 6.07) is 7.34. The van der Waals surface area contributed by atoms with Crippen LogP contribution in [0.5, 0.6) is 5.75 Å². The van der Waals surface area contributed by atoms with Crippen molar-refractivity contribution in [3.63, 3.8) is 0 Å². The van der Waals surface area contributed by atoms with Crippen molar-refractivity contribution in [1.82, 2.24) is 14.7 Å². The monoisotopic (exact) mass is 391 g/mol. The van der Waals surface area contributed by atoms with Gasteiger partial charge in [0, 0.05) is 57.9 Å². The van der Waals surface area contributed by atoms with Gasteiger partial charge < -0.3 is 19.5 Å². The van der Waals surface area contributed by atoms with E-state index in [-0.39, 0.29) is 18.1 Å². The van der Waals surface area contributed by atoms with Gasteiger partial charge in [0.25, 0.3) is 5.91 Å². The third-order valence-corrected chi connectivity index (χ3v) is 5.60. The molecule has 0 aliphatic carbocycles. The van der Waals surface area contributed by atoms with Gasteiger partial charge in [0.15, 0.2) is 0 Å². The Bertz CT molecular complexity index is 634. The molecule has 0 aromatic heterocycles. The second kappa shape index (κ2) is 10.2. The van der Waals surface area contributed by atoms with Crippen LogP contribution in [0.15, 0.2) is 24.3 Å². The van der Waals surface area contributed by atoms with Crippen LogP contribution in [0.3, 0.4) is 0 Å². The van der Waals surface area contributed by atoms with E-state index in [1.54, 1.807) is 13.2 Å². The van der Waals surface area contributed by atoms with Crippen molar-refractivity contribution in [1.29, 1.82) is 0 Å². The second-order valence-corrected chi connectivity index (χ2v) is 7.64. The molecule has 2 aliphatic rings. The van der Waals surface area contributed by atoms with Gasteiger partial charge in [-0.15, -0.1) is 0 Å². The number of carbonyl (C=O) groups excluding carboxylic acids is 1. The molecular weight excluding hydrogens is 358 g/mol. The van der Waals surface area contributed by atoms with Gasteiger partial charge in [-0.25, -0.2) is 0 Å². The van der Waals surface area contributed by atoms with Crippen LogP contribution in [-0.4, -0.2) is 104 Å². The average molecular weight is 392 g/mol. The maximum absolute atomic E-state index is 12.7. The van der Waals surface area contributed by atoms with Crippen LogP contribution in [0, 0.1) is 0 Å². The van der Waals surface area contributed by atoms with Crippen LogP contribution in [0.25, 0.3) is 0 Å². The molecule has 0 spiro atoms. The summed E-state index contributed by atoms with van der Waals surface area (Å²) in [5.74, 6) is 0.767. The highest BCUT2D eigenvalue weighted by Gasteiger charge is 2.27. The molecule has 156 valence electrons. The predicted molar refractivity (Wildman–Crippen MR) is 108 cm³/mol. The molecule has 2 atom stereocenters. The van der Waals surface area contributed by atoms with E-state index in [9.17, 15) is 9.90 Å². The lowest BCUT2D eigenvalue weighted by molar-refractivity contribution is -0.0565. The standard InChI is InChI=1S/C21H33N3O4/c1-3-18(25)14-23-11-12-28-20(16-23)15-22-7-9-24(10-8-22)21(26)17-5-4-6-19(13-17)27-2/h4-6,13,18,20,25H,3,7-12,14-16H2,1-2H3/t18-,20+/m0/s1. The largest absolute Gasteiger partial charge is 0.497 e. The number of benzene rings is 1. The Balaban J connectivity index is 1.45. The minimum atomic E-state index is -0.259. The first-order valence-electron chi connectivity index (χ1n) is 10.3. The van der Waals surface area contributed by atoms with Crippen LogP contribution in [0.1, 0.15) is 23.7 Å². The topological polar surface area (TPSA) is 65.5 Å². The molecule has 7 heteroatoms. The Kier molecular flexibility index (Phi) is 7.67. The summed E-state index contributed by atoms with van der Waals surface area (Å²) in [6.07, 6.45) is 0.689. The summed E-state index contributed by atoms with van der Waals surface area (Å²) in [4.78, 5) is 19.3. The minimum absolute atomic E-state index is 0.0622. The van der Waals surface area contributed by atoms with Crippen molar-refractivity contribution in [3.05, 3.63) is 29.8 Å². The summed E-state index contributed by atoms with van der Waals surface area (Å²) < 4.78 is 11.2. The number of hydrogen-bond donors (Lipinski definition) is 1. The number of β-amino-alcohol motifs (C(OH)–C–C–N with tert-alkyl or cyclic N) is 1. The molecule has 1 N–H and O–H groups in total. The van der Waals surface area contributed by atoms with Gasteiger partial charge in [0.2, 0.25) is 0 Å². The fourth-order valence-electron chi connectivity index (χ4n) is 3.84. The molecule has 28 heavy (non-hydrogen) atoms. The van der Waals surface area contributed by atoms with Crippen molar-refractivity contribution in [3.8, 4) is 5.75 Å². The molecule has 0 bridgehead atoms. The first-order chi connectivity index (χ1) is 13.6. The van der Waals surface area contributed by atoms with Crippen LogP contribution in [0.4, 0.5) is 0 Å². The molecule has 1 aromatic carbocycles. The molecule has 2 aliphatic heterocycles. The van der Waals surface area contributed by atoms with Crippen molar-refractivity contribution < 1.29 is 19.4 Å². The lowest BCUT2D eigenvalue weighted by atomic mass is 10.1. The fraction of sp³-hybridized carbons (Fsp3) is 0.667. The maximum atomic E-state index is 12.7. The highest BCUT2D eigenvalue weighted by atomic mass is 16.5. The van der Waals surface area contributed by atoms with E-state index in [0.29, 0.717) is 11.3 Å². The fourth-order valence-corrected chi connectivity index (χ4v) is 3.84. The van der Waals surface area contributed by atoms with Crippen molar-refractivity contribution in [2.24, 2.45) is 0 Å². The van der Waals surface area contributed by atoms with Crippen molar-refractivity contribution in [2.75, 3.05) is 66.1 Å². The zero-order valence-electron chi connectivity index (χ0n) is 17.0. The summed E-state index contributed by atoms with van der Waals surface area (Å²) in [6.45, 7) is 9.22. The number of piperazine rings is 1. The smallest absolute Gasteiger partial charge is 0.254 e. The number of nitrogens with zero attached hydrogens (tertiary/aromatic N) is 3. The maximum Gasteiger partial charge on any atom is 0.254 e. The number of aliphatic hydroxyl groups excluding tert-OH is 1. The number of aliphatic hydroxyl groups is 1. The molecule has 1 amide bonds. The molecule has 0 saturated carbocycles. The van der Waals surface area contributed by atoms with Gasteiger partial charge in [-0.2, -0.15) is 0 Å². The molecule has 0 unspecified atom stereocenters. The Morgan fingerprint density at radius 2 is 2.04 bits per heavy atom. The summed E-state index contributed by atoms with van der Waals surface area (Å²) >= 11 is 0. The van der Waals surface area contributed by atoms with Gasteiger partial charge in [-0.1, -0.05) is 13.0 Å². The van der Waals surface area contributed by atoms with Crippen molar-refractivity contribution in [2.45, 2.75) is 25.6 Å². The van der Waals surface area contributed by atoms with Crippen LogP contribution < -0.4 is 4.74 Å². The zero-order valence-corrected chi connectivity index (χ0v) is 17.0. The summed E-state index contributed by atoms with van der Waals surface area (Å²) in [5.41, 5.74) is 0.675. The number of carbonyl (C=O) groups is 1. The average Bonchev–Trinajstić information content (AvgIpc) is 2.74. The van der Waals surface area contributed by atoms with Gasteiger partial charge in [0.05, 0.1) is 25.9 Å². The number of rotatable bonds is 7. The minimum Gasteiger partial charge on any atom is -0.497 e. The SMILES string of the molecule is CC[C@H](O)CN1CCO[C@H](CN2CCN(C(=O)c3cccc(OC)c3)CC2)C1. The van der Waals surface area contributed by atoms with Crippen LogP contribution in [0.2, 0.25) is 0 Å². The molecular formula is C21H33N3O4. The van der Waals surface area contributed by atoms with E-state index < -0.39 is 0 Å². The van der Waals surface area contributed by atoms with E-state index in [2.05, 4.69) is 9.80 Å². The van der Waals surface area contributed by atoms with E-state index >= 15 is 0 Å². The summed E-state index contributed by atoms with van der Waals surface area (Å²) in [7, 11) is 1.61. The zero-order chi connectivity index (χ0) is 19.9. The van der Waals surface area contributed by atoms with Crippen LogP contribution in [-0.2, 0) is 4.74 Å². The Labute approximate surface area is 167 Å². The highest BCUT2D eigenvalue weighted by Crippen LogP contribution is 2.16. The number of morpholine rings is 1. The highest BCUT2D eigenvalue weighted by molar-refractivity contribution is 5.94. The first-order valence-corrected chi connectivity index (χ1v) is 10.3. The van der Waals surface area contributed by atoms with Gasteiger partial charge in [-0.05, 0) is 24.6 Å². The molecule has 2 heterocycles. The number of hydrogen-bond acceptors (Lipinski definition) is 6. The van der Waals surface area contributed by atoms with E-state index in [1.807, 2.05) is 30.0 Å². The predicted octanol–water partition coefficient (Wildman–Crippen LogP) is 0.925. The van der Waals surface area contributed by atoms with Gasteiger partial charge in [0.1, 0.15) is 5.75 Å². The van der Waals surface area contributed by atoms with Crippen LogP contribution >= 0.6 is 0 Å². The molecule has 7 nitrogen and oxygen atoms in total. The molecule has 3 rings (SSSR count). The van der Waals surface area contributed by atoms with E-state index in [0.717, 1.165) is 65.4 Å². The third kappa shape index (κ3) is 5.67. The lowest BCUT2D eigenvalue weighted by Gasteiger charge is -2.39. The second-order valence-electron chi connectivity index (χ2n) is 7.64. The molecule has 2 saturated heterocycles. The normalized spacial score (nSPS) is 22.8. The van der Waals surface area contributed by atoms with E-state index in [1.165, 1.54) is 0 Å². The Morgan fingerprint density at radius 3 is 2.75 bits per heavy atom. The number of methoxy groups -OCH3 is 1. The quantitative estimate of drug-likeness (QED) is 0.746. The Hall–Kier alpha value is -1.67. The lowest BCUT2D eigenvalue weighted by Crippen LogP contribution is -2.54. The Morgan fingerprint density at radius 1 is 1.25 bits per heavy atom. The molecule has 2 fully saturated rings. The number of amides is 1. The van der Waals surface area contributed by atoms with Gasteiger partial charge >= 0.3 is 0 Å². The summed E-state index contributed by atoms with van der Waals surface area (Å²) in [5, 5.41) is 9.89. The van der Waals surface area contributed by atoms with E-state index in [4.69, 9.17) is 9.47 Å². The molecule has 0 radical (unpaired) electrons. The first kappa shape index (κ1) is 21.0. The third-order valence-electron chi connectivity index (χ3n) is 5.60. The number of ether oxygens (including phenoxy) is 2.